The van der Waals surface area contributed by atoms with E-state index in [4.69, 9.17) is 0 Å². The molecule has 0 bridgehead atoms. The van der Waals surface area contributed by atoms with E-state index in [0.29, 0.717) is 0 Å². The van der Waals surface area contributed by atoms with Crippen LogP contribution in [0.15, 0.2) is 83.0 Å². The van der Waals surface area contributed by atoms with Gasteiger partial charge in [-0.25, -0.2) is 9.97 Å². The zero-order valence-electron chi connectivity index (χ0n) is 11.6. The summed E-state index contributed by atoms with van der Waals surface area (Å²) in [4.78, 5) is 12.3. The minimum absolute atomic E-state index is 1.01. The van der Waals surface area contributed by atoms with E-state index in [1.165, 1.54) is 15.3 Å². The van der Waals surface area contributed by atoms with Gasteiger partial charge in [-0.3, -0.25) is 0 Å². The van der Waals surface area contributed by atoms with Crippen molar-refractivity contribution in [1.82, 2.24) is 9.97 Å². The molecule has 2 nitrogen and oxygen atoms in total. The standard InChI is InChI=1S/C18H12N2S2/c1-3-7-13(8-4-1)16-11-15-17(19-12-20-18(15)22-16)21-14-9-5-2-6-10-14/h1-12H. The van der Waals surface area contributed by atoms with Gasteiger partial charge in [0.2, 0.25) is 0 Å². The Bertz CT molecular complexity index is 902. The van der Waals surface area contributed by atoms with Crippen molar-refractivity contribution in [2.24, 2.45) is 0 Å². The summed E-state index contributed by atoms with van der Waals surface area (Å²) in [6.07, 6.45) is 1.65. The van der Waals surface area contributed by atoms with Crippen molar-refractivity contribution in [3.05, 3.63) is 73.1 Å². The van der Waals surface area contributed by atoms with E-state index in [-0.39, 0.29) is 0 Å². The van der Waals surface area contributed by atoms with Gasteiger partial charge >= 0.3 is 0 Å². The van der Waals surface area contributed by atoms with Crippen LogP contribution in [0.25, 0.3) is 20.7 Å². The Morgan fingerprint density at radius 1 is 0.818 bits per heavy atom. The van der Waals surface area contributed by atoms with Crippen LogP contribution in [0.5, 0.6) is 0 Å². The van der Waals surface area contributed by atoms with Gasteiger partial charge in [-0.05, 0) is 23.8 Å². The molecule has 0 aliphatic rings. The molecule has 2 aromatic carbocycles. The minimum atomic E-state index is 1.01. The highest BCUT2D eigenvalue weighted by Gasteiger charge is 2.11. The van der Waals surface area contributed by atoms with E-state index in [1.807, 2.05) is 24.3 Å². The molecule has 0 aliphatic heterocycles. The average Bonchev–Trinajstić information content (AvgIpc) is 3.02. The maximum Gasteiger partial charge on any atom is 0.128 e. The summed E-state index contributed by atoms with van der Waals surface area (Å²) in [6.45, 7) is 0. The van der Waals surface area contributed by atoms with Gasteiger partial charge < -0.3 is 0 Å². The minimum Gasteiger partial charge on any atom is -0.229 e. The second-order valence-electron chi connectivity index (χ2n) is 4.79. The van der Waals surface area contributed by atoms with Crippen LogP contribution < -0.4 is 0 Å². The van der Waals surface area contributed by atoms with E-state index >= 15 is 0 Å². The van der Waals surface area contributed by atoms with Crippen molar-refractivity contribution in [2.75, 3.05) is 0 Å². The Labute approximate surface area is 136 Å². The Balaban J connectivity index is 1.78. The lowest BCUT2D eigenvalue weighted by Gasteiger charge is -2.01. The molecule has 0 unspecified atom stereocenters. The molecule has 0 saturated carbocycles. The van der Waals surface area contributed by atoms with Gasteiger partial charge in [0.15, 0.2) is 0 Å². The van der Waals surface area contributed by atoms with Crippen molar-refractivity contribution in [1.29, 1.82) is 0 Å². The predicted molar refractivity (Wildman–Crippen MR) is 93.4 cm³/mol. The lowest BCUT2D eigenvalue weighted by molar-refractivity contribution is 1.11. The molecule has 0 atom stereocenters. The van der Waals surface area contributed by atoms with Crippen LogP contribution in [0.3, 0.4) is 0 Å². The number of rotatable bonds is 3. The van der Waals surface area contributed by atoms with Gasteiger partial charge in [0.25, 0.3) is 0 Å². The monoisotopic (exact) mass is 320 g/mol. The first-order chi connectivity index (χ1) is 10.9. The number of hydrogen-bond acceptors (Lipinski definition) is 4. The van der Waals surface area contributed by atoms with Gasteiger partial charge in [0.05, 0.1) is 0 Å². The molecule has 106 valence electrons. The average molecular weight is 320 g/mol. The van der Waals surface area contributed by atoms with Gasteiger partial charge in [0.1, 0.15) is 16.2 Å². The van der Waals surface area contributed by atoms with Gasteiger partial charge in [0, 0.05) is 15.2 Å². The van der Waals surface area contributed by atoms with Crippen molar-refractivity contribution < 1.29 is 0 Å². The molecular formula is C18H12N2S2. The molecule has 0 fully saturated rings. The summed E-state index contributed by atoms with van der Waals surface area (Å²) in [5.41, 5.74) is 1.22. The first kappa shape index (κ1) is 13.5. The molecule has 2 aromatic heterocycles. The number of fused-ring (bicyclic) bond motifs is 1. The van der Waals surface area contributed by atoms with Crippen LogP contribution >= 0.6 is 23.1 Å². The first-order valence-corrected chi connectivity index (χ1v) is 8.56. The molecule has 4 heteroatoms. The summed E-state index contributed by atoms with van der Waals surface area (Å²) in [6, 6.07) is 22.9. The summed E-state index contributed by atoms with van der Waals surface area (Å²) in [7, 11) is 0. The third kappa shape index (κ3) is 2.63. The summed E-state index contributed by atoms with van der Waals surface area (Å²) in [5.74, 6) is 0. The molecule has 22 heavy (non-hydrogen) atoms. The van der Waals surface area contributed by atoms with Crippen LogP contribution in [0.1, 0.15) is 0 Å². The molecule has 0 saturated heterocycles. The Kier molecular flexibility index (Phi) is 3.62. The quantitative estimate of drug-likeness (QED) is 0.465. The molecule has 0 N–H and O–H groups in total. The van der Waals surface area contributed by atoms with E-state index < -0.39 is 0 Å². The molecule has 2 heterocycles. The summed E-state index contributed by atoms with van der Waals surface area (Å²) >= 11 is 3.39. The van der Waals surface area contributed by atoms with Crippen molar-refractivity contribution in [3.8, 4) is 10.4 Å². The van der Waals surface area contributed by atoms with Crippen LogP contribution in [-0.2, 0) is 0 Å². The van der Waals surface area contributed by atoms with E-state index in [9.17, 15) is 0 Å². The molecule has 0 spiro atoms. The fourth-order valence-electron chi connectivity index (χ4n) is 2.26. The fraction of sp³-hybridized carbons (Fsp3) is 0. The Morgan fingerprint density at radius 2 is 1.55 bits per heavy atom. The number of nitrogens with zero attached hydrogens (tertiary/aromatic N) is 2. The Hall–Kier alpha value is -2.17. The Morgan fingerprint density at radius 3 is 2.32 bits per heavy atom. The molecule has 0 amide bonds. The first-order valence-electron chi connectivity index (χ1n) is 6.93. The highest BCUT2D eigenvalue weighted by Crippen LogP contribution is 2.38. The lowest BCUT2D eigenvalue weighted by atomic mass is 10.2. The SMILES string of the molecule is c1ccc(Sc2ncnc3sc(-c4ccccc4)cc23)cc1. The normalized spacial score (nSPS) is 10.9. The van der Waals surface area contributed by atoms with Gasteiger partial charge in [-0.15, -0.1) is 11.3 Å². The second-order valence-corrected chi connectivity index (χ2v) is 6.88. The number of thiophene rings is 1. The lowest BCUT2D eigenvalue weighted by Crippen LogP contribution is -1.82. The van der Waals surface area contributed by atoms with Crippen molar-refractivity contribution >= 4 is 33.3 Å². The number of benzene rings is 2. The van der Waals surface area contributed by atoms with E-state index in [0.717, 1.165) is 15.2 Å². The van der Waals surface area contributed by atoms with Crippen LogP contribution in [-0.4, -0.2) is 9.97 Å². The highest BCUT2D eigenvalue weighted by atomic mass is 32.2. The van der Waals surface area contributed by atoms with Gasteiger partial charge in [-0.2, -0.15) is 0 Å². The maximum absolute atomic E-state index is 4.47. The largest absolute Gasteiger partial charge is 0.229 e. The maximum atomic E-state index is 4.47. The predicted octanol–water partition coefficient (Wildman–Crippen LogP) is 5.51. The van der Waals surface area contributed by atoms with E-state index in [2.05, 4.69) is 52.4 Å². The molecule has 4 rings (SSSR count). The summed E-state index contributed by atoms with van der Waals surface area (Å²) in [5, 5.41) is 2.13. The van der Waals surface area contributed by atoms with Crippen LogP contribution in [0, 0.1) is 0 Å². The number of aromatic nitrogens is 2. The zero-order valence-corrected chi connectivity index (χ0v) is 13.3. The zero-order chi connectivity index (χ0) is 14.8. The topological polar surface area (TPSA) is 25.8 Å². The summed E-state index contributed by atoms with van der Waals surface area (Å²) < 4.78 is 0. The van der Waals surface area contributed by atoms with Crippen molar-refractivity contribution in [3.63, 3.8) is 0 Å². The fourth-order valence-corrected chi connectivity index (χ4v) is 4.21. The van der Waals surface area contributed by atoms with Crippen molar-refractivity contribution in [2.45, 2.75) is 9.92 Å². The smallest absolute Gasteiger partial charge is 0.128 e. The molecule has 0 radical (unpaired) electrons. The van der Waals surface area contributed by atoms with Crippen LogP contribution in [0.2, 0.25) is 0 Å². The van der Waals surface area contributed by atoms with E-state index in [1.54, 1.807) is 29.4 Å². The molecule has 4 aromatic rings. The van der Waals surface area contributed by atoms with Gasteiger partial charge in [-0.1, -0.05) is 60.3 Å². The van der Waals surface area contributed by atoms with Crippen LogP contribution in [0.4, 0.5) is 0 Å². The third-order valence-corrected chi connectivity index (χ3v) is 5.43. The molecule has 0 aliphatic carbocycles. The molecular weight excluding hydrogens is 308 g/mol. The second kappa shape index (κ2) is 5.91. The number of hydrogen-bond donors (Lipinski definition) is 0. The third-order valence-electron chi connectivity index (χ3n) is 3.31. The highest BCUT2D eigenvalue weighted by molar-refractivity contribution is 7.99.